The Balaban J connectivity index is 1.21. The standard InChI is InChI=1S/C43H52N8O10/c1-7-43(59)31-18-34-35-26(21-51(34)37(53)30(31)23-60-38(43)54)17-28-29(22-49(5)6)25(12-15-32(28)47-35)20-50(41(57)58)19-24-10-13-27(14-11-24)46-36(52)33(9-8-16-45-39(44)55)48-40(56)61-42(2,3)4/h10-15,17-18,33,59H,7-9,16,19-23H2,1-6H3,(H,46,52)(H,48,56)(H,57,58)(H3,44,45,55)/t33-,43-/m0/s1. The van der Waals surface area contributed by atoms with Crippen LogP contribution < -0.4 is 27.2 Å². The third-order valence-corrected chi connectivity index (χ3v) is 10.6. The Labute approximate surface area is 352 Å². The van der Waals surface area contributed by atoms with Crippen molar-refractivity contribution in [3.8, 4) is 11.4 Å². The topological polar surface area (TPSA) is 248 Å². The van der Waals surface area contributed by atoms with E-state index in [1.807, 2.05) is 37.2 Å². The van der Waals surface area contributed by atoms with Crippen LogP contribution in [0.3, 0.4) is 0 Å². The molecule has 18 nitrogen and oxygen atoms in total. The molecule has 2 aromatic carbocycles. The van der Waals surface area contributed by atoms with Gasteiger partial charge in [0.15, 0.2) is 5.60 Å². The van der Waals surface area contributed by atoms with Crippen molar-refractivity contribution in [1.29, 1.82) is 0 Å². The van der Waals surface area contributed by atoms with E-state index in [-0.39, 0.29) is 62.3 Å². The summed E-state index contributed by atoms with van der Waals surface area (Å²) in [7, 11) is 3.82. The zero-order valence-corrected chi connectivity index (χ0v) is 35.1. The summed E-state index contributed by atoms with van der Waals surface area (Å²) in [4.78, 5) is 84.2. The van der Waals surface area contributed by atoms with Gasteiger partial charge in [-0.3, -0.25) is 14.5 Å². The van der Waals surface area contributed by atoms with E-state index in [9.17, 15) is 39.0 Å². The van der Waals surface area contributed by atoms with E-state index in [2.05, 4.69) is 16.0 Å². The second kappa shape index (κ2) is 17.6. The number of primary amides is 1. The summed E-state index contributed by atoms with van der Waals surface area (Å²) in [5.74, 6) is -1.31. The number of hydrogen-bond donors (Lipinski definition) is 6. The number of cyclic esters (lactones) is 1. The molecular weight excluding hydrogens is 789 g/mol. The fraction of sp³-hybridized carbons (Fsp3) is 0.419. The van der Waals surface area contributed by atoms with Gasteiger partial charge < -0.3 is 50.8 Å². The second-order valence-electron chi connectivity index (χ2n) is 16.6. The monoisotopic (exact) mass is 840 g/mol. The molecule has 0 unspecified atom stereocenters. The minimum atomic E-state index is -1.94. The quantitative estimate of drug-likeness (QED) is 0.0684. The minimum absolute atomic E-state index is 0.0281. The fourth-order valence-corrected chi connectivity index (χ4v) is 7.58. The number of amides is 5. The first kappa shape index (κ1) is 44.0. The first-order valence-corrected chi connectivity index (χ1v) is 19.9. The molecular formula is C43H52N8O10. The van der Waals surface area contributed by atoms with Gasteiger partial charge in [0.25, 0.3) is 5.56 Å². The van der Waals surface area contributed by atoms with Crippen LogP contribution in [0.25, 0.3) is 22.3 Å². The van der Waals surface area contributed by atoms with Crippen LogP contribution in [0.1, 0.15) is 80.3 Å². The molecule has 324 valence electrons. The van der Waals surface area contributed by atoms with Crippen LogP contribution in [0.15, 0.2) is 53.3 Å². The molecule has 5 amide bonds. The molecule has 0 fully saturated rings. The molecule has 2 atom stereocenters. The number of nitrogens with two attached hydrogens (primary N) is 1. The number of hydrogen-bond acceptors (Lipinski definition) is 11. The number of aliphatic hydroxyl groups is 1. The summed E-state index contributed by atoms with van der Waals surface area (Å²) in [5.41, 5.74) is 7.67. The molecule has 2 aliphatic heterocycles. The van der Waals surface area contributed by atoms with E-state index >= 15 is 0 Å². The SMILES string of the molecule is CC[C@@]1(O)C(=O)OCc2c1cc1n(c2=O)Cc2cc3c(CN(C)C)c(CN(Cc4ccc(NC(=O)[C@H](CCCNC(N)=O)NC(=O)OC(C)(C)C)cc4)C(=O)O)ccc3nc2-1. The molecule has 0 aliphatic carbocycles. The Kier molecular flexibility index (Phi) is 12.7. The maximum absolute atomic E-state index is 13.7. The van der Waals surface area contributed by atoms with E-state index in [1.54, 1.807) is 62.6 Å². The average molecular weight is 841 g/mol. The van der Waals surface area contributed by atoms with Gasteiger partial charge in [-0.25, -0.2) is 24.2 Å². The summed E-state index contributed by atoms with van der Waals surface area (Å²) < 4.78 is 12.1. The molecule has 2 aromatic heterocycles. The second-order valence-corrected chi connectivity index (χ2v) is 16.6. The van der Waals surface area contributed by atoms with Crippen molar-refractivity contribution >= 4 is 46.7 Å². The van der Waals surface area contributed by atoms with Gasteiger partial charge in [-0.1, -0.05) is 25.1 Å². The van der Waals surface area contributed by atoms with Crippen LogP contribution in [-0.2, 0) is 57.4 Å². The lowest BCUT2D eigenvalue weighted by Gasteiger charge is -2.31. The van der Waals surface area contributed by atoms with Gasteiger partial charge in [0.05, 0.1) is 29.0 Å². The van der Waals surface area contributed by atoms with Gasteiger partial charge in [0, 0.05) is 48.4 Å². The van der Waals surface area contributed by atoms with Gasteiger partial charge in [0.1, 0.15) is 18.2 Å². The van der Waals surface area contributed by atoms with Gasteiger partial charge in [-0.05, 0) is 101 Å². The number of benzene rings is 2. The predicted molar refractivity (Wildman–Crippen MR) is 224 cm³/mol. The Morgan fingerprint density at radius 3 is 2.41 bits per heavy atom. The van der Waals surface area contributed by atoms with Gasteiger partial charge in [-0.2, -0.15) is 0 Å². The highest BCUT2D eigenvalue weighted by atomic mass is 16.6. The highest BCUT2D eigenvalue weighted by Gasteiger charge is 2.45. The summed E-state index contributed by atoms with van der Waals surface area (Å²) >= 11 is 0. The molecule has 0 spiro atoms. The number of fused-ring (bicyclic) bond motifs is 5. The number of nitrogens with zero attached hydrogens (tertiary/aromatic N) is 4. The molecule has 0 bridgehead atoms. The Morgan fingerprint density at radius 1 is 1.05 bits per heavy atom. The fourth-order valence-electron chi connectivity index (χ4n) is 7.58. The molecule has 0 saturated heterocycles. The van der Waals surface area contributed by atoms with Gasteiger partial charge in [0.2, 0.25) is 5.91 Å². The van der Waals surface area contributed by atoms with E-state index in [0.29, 0.717) is 41.1 Å². The maximum Gasteiger partial charge on any atom is 0.408 e. The first-order chi connectivity index (χ1) is 28.8. The minimum Gasteiger partial charge on any atom is -0.465 e. The lowest BCUT2D eigenvalue weighted by atomic mass is 9.86. The molecule has 18 heteroatoms. The summed E-state index contributed by atoms with van der Waals surface area (Å²) in [5, 5.41) is 30.3. The molecule has 7 N–H and O–H groups in total. The van der Waals surface area contributed by atoms with Crippen molar-refractivity contribution < 1.29 is 43.7 Å². The third-order valence-electron chi connectivity index (χ3n) is 10.6. The number of pyridine rings is 2. The number of nitrogens with one attached hydrogen (secondary N) is 3. The maximum atomic E-state index is 13.7. The first-order valence-electron chi connectivity index (χ1n) is 19.9. The number of aromatic nitrogens is 2. The zero-order valence-electron chi connectivity index (χ0n) is 35.1. The van der Waals surface area contributed by atoms with Crippen LogP contribution in [0.5, 0.6) is 0 Å². The highest BCUT2D eigenvalue weighted by molar-refractivity contribution is 5.96. The molecule has 4 aromatic rings. The van der Waals surface area contributed by atoms with Gasteiger partial charge >= 0.3 is 24.2 Å². The third kappa shape index (κ3) is 9.76. The Bertz CT molecular complexity index is 2440. The van der Waals surface area contributed by atoms with Crippen molar-refractivity contribution in [1.82, 2.24) is 30.0 Å². The van der Waals surface area contributed by atoms with E-state index in [0.717, 1.165) is 22.1 Å². The zero-order chi connectivity index (χ0) is 44.4. The van der Waals surface area contributed by atoms with E-state index in [1.165, 1.54) is 4.90 Å². The van der Waals surface area contributed by atoms with Crippen molar-refractivity contribution in [3.63, 3.8) is 0 Å². The smallest absolute Gasteiger partial charge is 0.408 e. The molecule has 0 saturated carbocycles. The van der Waals surface area contributed by atoms with Crippen LogP contribution >= 0.6 is 0 Å². The van der Waals surface area contributed by atoms with Crippen molar-refractivity contribution in [2.24, 2.45) is 5.73 Å². The molecule has 61 heavy (non-hydrogen) atoms. The lowest BCUT2D eigenvalue weighted by Crippen LogP contribution is -2.46. The molecule has 6 rings (SSSR count). The number of ether oxygens (including phenoxy) is 2. The van der Waals surface area contributed by atoms with Crippen molar-refractivity contribution in [3.05, 3.63) is 92.3 Å². The lowest BCUT2D eigenvalue weighted by molar-refractivity contribution is -0.172. The molecule has 0 radical (unpaired) electrons. The van der Waals surface area contributed by atoms with Crippen molar-refractivity contribution in [2.75, 3.05) is 26.0 Å². The Morgan fingerprint density at radius 2 is 1.77 bits per heavy atom. The number of anilines is 1. The summed E-state index contributed by atoms with van der Waals surface area (Å²) in [6, 6.07) is 12.3. The number of rotatable bonds is 14. The van der Waals surface area contributed by atoms with Crippen LogP contribution in [0.4, 0.5) is 20.1 Å². The number of carboxylic acid groups (broad SMARTS) is 1. The summed E-state index contributed by atoms with van der Waals surface area (Å²) in [6.45, 7) is 7.48. The van der Waals surface area contributed by atoms with Crippen LogP contribution in [-0.4, -0.2) is 91.9 Å². The molecule has 4 heterocycles. The Hall–Kier alpha value is -6.53. The largest absolute Gasteiger partial charge is 0.465 e. The molecule has 2 aliphatic rings. The van der Waals surface area contributed by atoms with Crippen LogP contribution in [0.2, 0.25) is 0 Å². The highest BCUT2D eigenvalue weighted by Crippen LogP contribution is 2.39. The number of esters is 1. The van der Waals surface area contributed by atoms with E-state index < -0.39 is 47.3 Å². The normalized spacial score (nSPS) is 15.9. The number of carbonyl (C=O) groups is 5. The van der Waals surface area contributed by atoms with E-state index in [4.69, 9.17) is 20.2 Å². The van der Waals surface area contributed by atoms with Crippen LogP contribution in [0, 0.1) is 0 Å². The van der Waals surface area contributed by atoms with Gasteiger partial charge in [-0.15, -0.1) is 0 Å². The predicted octanol–water partition coefficient (Wildman–Crippen LogP) is 4.10. The van der Waals surface area contributed by atoms with Crippen molar-refractivity contribution in [2.45, 2.75) is 97.0 Å². The average Bonchev–Trinajstić information content (AvgIpc) is 3.54. The number of alkyl carbamates (subject to hydrolysis) is 1. The number of urea groups is 1. The number of carbonyl (C=O) groups excluding carboxylic acids is 4. The summed E-state index contributed by atoms with van der Waals surface area (Å²) in [6.07, 6.45) is -1.36.